The molecular weight excluding hydrogens is 220 g/mol. The highest BCUT2D eigenvalue weighted by Crippen LogP contribution is 2.30. The molecule has 2 rings (SSSR count). The Bertz CT molecular complexity index is 537. The van der Waals surface area contributed by atoms with Crippen LogP contribution in [0.2, 0.25) is 5.02 Å². The third-order valence-corrected chi connectivity index (χ3v) is 2.48. The summed E-state index contributed by atoms with van der Waals surface area (Å²) in [6.07, 6.45) is 2.64. The quantitative estimate of drug-likeness (QED) is 0.580. The Balaban J connectivity index is 2.75. The minimum Gasteiger partial charge on any atom is -0.258 e. The minimum absolute atomic E-state index is 0.0877. The Morgan fingerprint density at radius 3 is 2.93 bits per heavy atom. The molecule has 0 radical (unpaired) electrons. The lowest BCUT2D eigenvalue weighted by atomic mass is 10.3. The monoisotopic (exact) mass is 226 g/mol. The van der Waals surface area contributed by atoms with Gasteiger partial charge < -0.3 is 0 Å². The number of halogens is 1. The van der Waals surface area contributed by atoms with Crippen LogP contribution in [-0.4, -0.2) is 19.7 Å². The molecule has 0 aliphatic carbocycles. The van der Waals surface area contributed by atoms with Gasteiger partial charge in [-0.1, -0.05) is 11.6 Å². The standard InChI is InChI=1S/C8H7ClN4O2/c1-2-12-8-5(3-11-12)7(9)6(4-10-8)13(14)15/h3-4H,2H2,1H3. The first kappa shape index (κ1) is 9.85. The third-order valence-electron chi connectivity index (χ3n) is 2.08. The highest BCUT2D eigenvalue weighted by atomic mass is 35.5. The highest BCUT2D eigenvalue weighted by molar-refractivity contribution is 6.37. The van der Waals surface area contributed by atoms with Gasteiger partial charge in [0.1, 0.15) is 11.2 Å². The fraction of sp³-hybridized carbons (Fsp3) is 0.250. The molecule has 0 aliphatic rings. The van der Waals surface area contributed by atoms with Crippen molar-refractivity contribution in [3.05, 3.63) is 27.5 Å². The van der Waals surface area contributed by atoms with E-state index < -0.39 is 4.92 Å². The van der Waals surface area contributed by atoms with E-state index in [1.807, 2.05) is 6.92 Å². The van der Waals surface area contributed by atoms with Crippen LogP contribution in [0.25, 0.3) is 11.0 Å². The van der Waals surface area contributed by atoms with Gasteiger partial charge in [-0.2, -0.15) is 5.10 Å². The smallest absolute Gasteiger partial charge is 0.258 e. The van der Waals surface area contributed by atoms with Crippen molar-refractivity contribution < 1.29 is 4.92 Å². The van der Waals surface area contributed by atoms with E-state index in [9.17, 15) is 10.1 Å². The first-order valence-corrected chi connectivity index (χ1v) is 4.67. The second-order valence-electron chi connectivity index (χ2n) is 2.91. The molecule has 0 bridgehead atoms. The molecule has 2 aromatic heterocycles. The van der Waals surface area contributed by atoms with Gasteiger partial charge in [0.25, 0.3) is 0 Å². The fourth-order valence-corrected chi connectivity index (χ4v) is 1.60. The molecule has 78 valence electrons. The van der Waals surface area contributed by atoms with Gasteiger partial charge in [0.2, 0.25) is 0 Å². The molecule has 0 unspecified atom stereocenters. The maximum Gasteiger partial charge on any atom is 0.306 e. The zero-order chi connectivity index (χ0) is 11.0. The summed E-state index contributed by atoms with van der Waals surface area (Å²) in [5, 5.41) is 15.2. The number of aryl methyl sites for hydroxylation is 1. The second kappa shape index (κ2) is 3.47. The predicted molar refractivity (Wildman–Crippen MR) is 54.9 cm³/mol. The van der Waals surface area contributed by atoms with Gasteiger partial charge >= 0.3 is 5.69 Å². The summed E-state index contributed by atoms with van der Waals surface area (Å²) in [7, 11) is 0. The van der Waals surface area contributed by atoms with E-state index in [2.05, 4.69) is 10.1 Å². The van der Waals surface area contributed by atoms with Crippen LogP contribution in [-0.2, 0) is 6.54 Å². The molecule has 0 aliphatic heterocycles. The maximum absolute atomic E-state index is 10.6. The van der Waals surface area contributed by atoms with E-state index in [1.165, 1.54) is 6.20 Å². The molecule has 15 heavy (non-hydrogen) atoms. The van der Waals surface area contributed by atoms with Gasteiger partial charge in [-0.05, 0) is 6.92 Å². The van der Waals surface area contributed by atoms with E-state index >= 15 is 0 Å². The van der Waals surface area contributed by atoms with Crippen LogP contribution in [0.5, 0.6) is 0 Å². The van der Waals surface area contributed by atoms with Crippen molar-refractivity contribution in [2.75, 3.05) is 0 Å². The van der Waals surface area contributed by atoms with Gasteiger partial charge in [-0.3, -0.25) is 10.1 Å². The molecule has 0 N–H and O–H groups in total. The van der Waals surface area contributed by atoms with E-state index in [0.29, 0.717) is 17.6 Å². The summed E-state index contributed by atoms with van der Waals surface area (Å²) < 4.78 is 1.63. The Morgan fingerprint density at radius 2 is 2.33 bits per heavy atom. The highest BCUT2D eigenvalue weighted by Gasteiger charge is 2.18. The molecule has 2 heterocycles. The number of aromatic nitrogens is 3. The van der Waals surface area contributed by atoms with Crippen molar-refractivity contribution >= 4 is 28.3 Å². The predicted octanol–water partition coefficient (Wildman–Crippen LogP) is 2.01. The number of pyridine rings is 1. The second-order valence-corrected chi connectivity index (χ2v) is 3.29. The van der Waals surface area contributed by atoms with Crippen LogP contribution >= 0.6 is 11.6 Å². The number of nitrogens with zero attached hydrogens (tertiary/aromatic N) is 4. The largest absolute Gasteiger partial charge is 0.306 e. The summed E-state index contributed by atoms with van der Waals surface area (Å²) in [5.41, 5.74) is 0.368. The molecule has 2 aromatic rings. The molecule has 0 atom stereocenters. The van der Waals surface area contributed by atoms with Crippen molar-refractivity contribution in [3.8, 4) is 0 Å². The van der Waals surface area contributed by atoms with Crippen LogP contribution in [0.4, 0.5) is 5.69 Å². The summed E-state index contributed by atoms with van der Waals surface area (Å²) in [4.78, 5) is 14.0. The summed E-state index contributed by atoms with van der Waals surface area (Å²) >= 11 is 5.87. The van der Waals surface area contributed by atoms with Crippen LogP contribution in [0.1, 0.15) is 6.92 Å². The molecule has 0 aromatic carbocycles. The third kappa shape index (κ3) is 1.42. The molecule has 0 fully saturated rings. The number of hydrogen-bond acceptors (Lipinski definition) is 4. The normalized spacial score (nSPS) is 10.8. The van der Waals surface area contributed by atoms with Gasteiger partial charge in [0.15, 0.2) is 5.65 Å². The van der Waals surface area contributed by atoms with Crippen LogP contribution < -0.4 is 0 Å². The molecule has 0 saturated carbocycles. The SMILES string of the molecule is CCn1ncc2c(Cl)c([N+](=O)[O-])cnc21. The molecule has 0 saturated heterocycles. The Kier molecular flexibility index (Phi) is 2.28. The van der Waals surface area contributed by atoms with Crippen molar-refractivity contribution in [1.29, 1.82) is 0 Å². The van der Waals surface area contributed by atoms with Crippen molar-refractivity contribution in [3.63, 3.8) is 0 Å². The summed E-state index contributed by atoms with van der Waals surface area (Å²) in [6, 6.07) is 0. The first-order valence-electron chi connectivity index (χ1n) is 4.29. The topological polar surface area (TPSA) is 73.8 Å². The number of fused-ring (bicyclic) bond motifs is 1. The lowest BCUT2D eigenvalue weighted by Crippen LogP contribution is -1.98. The average molecular weight is 227 g/mol. The van der Waals surface area contributed by atoms with Crippen LogP contribution in [0, 0.1) is 10.1 Å². The van der Waals surface area contributed by atoms with Crippen molar-refractivity contribution in [2.24, 2.45) is 0 Å². The van der Waals surface area contributed by atoms with Crippen LogP contribution in [0.15, 0.2) is 12.4 Å². The minimum atomic E-state index is -0.557. The Morgan fingerprint density at radius 1 is 1.60 bits per heavy atom. The molecule has 0 spiro atoms. The van der Waals surface area contributed by atoms with E-state index in [4.69, 9.17) is 11.6 Å². The lowest BCUT2D eigenvalue weighted by molar-refractivity contribution is -0.384. The summed E-state index contributed by atoms with van der Waals surface area (Å²) in [6.45, 7) is 2.55. The lowest BCUT2D eigenvalue weighted by Gasteiger charge is -1.98. The van der Waals surface area contributed by atoms with Gasteiger partial charge in [0, 0.05) is 6.54 Å². The number of rotatable bonds is 2. The maximum atomic E-state index is 10.6. The van der Waals surface area contributed by atoms with Gasteiger partial charge in [0.05, 0.1) is 16.5 Å². The molecule has 0 amide bonds. The van der Waals surface area contributed by atoms with E-state index in [-0.39, 0.29) is 10.7 Å². The van der Waals surface area contributed by atoms with E-state index in [0.717, 1.165) is 6.20 Å². The fourth-order valence-electron chi connectivity index (χ4n) is 1.35. The Hall–Kier alpha value is -1.69. The van der Waals surface area contributed by atoms with Crippen molar-refractivity contribution in [2.45, 2.75) is 13.5 Å². The molecular formula is C8H7ClN4O2. The summed E-state index contributed by atoms with van der Waals surface area (Å²) in [5.74, 6) is 0. The number of nitro groups is 1. The zero-order valence-corrected chi connectivity index (χ0v) is 8.60. The number of hydrogen-bond donors (Lipinski definition) is 0. The van der Waals surface area contributed by atoms with E-state index in [1.54, 1.807) is 4.68 Å². The average Bonchev–Trinajstić information content (AvgIpc) is 2.61. The van der Waals surface area contributed by atoms with Crippen molar-refractivity contribution in [1.82, 2.24) is 14.8 Å². The first-order chi connectivity index (χ1) is 7.15. The van der Waals surface area contributed by atoms with Gasteiger partial charge in [-0.25, -0.2) is 9.67 Å². The molecule has 7 heteroatoms. The Labute approximate surface area is 89.6 Å². The zero-order valence-electron chi connectivity index (χ0n) is 7.85. The van der Waals surface area contributed by atoms with Crippen LogP contribution in [0.3, 0.4) is 0 Å². The van der Waals surface area contributed by atoms with Gasteiger partial charge in [-0.15, -0.1) is 0 Å². The molecule has 6 nitrogen and oxygen atoms in total.